The summed E-state index contributed by atoms with van der Waals surface area (Å²) in [6.45, 7) is 5.14. The molecular formula is C29H32F2N8O. The van der Waals surface area contributed by atoms with Crippen LogP contribution in [0.5, 0.6) is 0 Å². The van der Waals surface area contributed by atoms with Gasteiger partial charge >= 0.3 is 0 Å². The second kappa shape index (κ2) is 10.9. The lowest BCUT2D eigenvalue weighted by atomic mass is 10.0. The van der Waals surface area contributed by atoms with Crippen LogP contribution in [-0.2, 0) is 6.54 Å². The highest BCUT2D eigenvalue weighted by Gasteiger charge is 2.33. The highest BCUT2D eigenvalue weighted by Crippen LogP contribution is 2.30. The number of aromatic amines is 1. The number of pyridine rings is 2. The molecule has 9 nitrogen and oxygen atoms in total. The van der Waals surface area contributed by atoms with Crippen LogP contribution in [-0.4, -0.2) is 88.1 Å². The first-order valence-electron chi connectivity index (χ1n) is 13.6. The maximum atomic E-state index is 13.5. The number of halogens is 2. The third-order valence-electron chi connectivity index (χ3n) is 7.73. The zero-order chi connectivity index (χ0) is 27.7. The number of piperidine rings is 1. The number of anilines is 2. The first-order chi connectivity index (χ1) is 19.3. The number of likely N-dealkylation sites (tertiary alicyclic amines) is 1. The van der Waals surface area contributed by atoms with Crippen LogP contribution in [0.25, 0.3) is 22.0 Å². The van der Waals surface area contributed by atoms with E-state index in [4.69, 9.17) is 0 Å². The van der Waals surface area contributed by atoms with Crippen LogP contribution >= 0.6 is 0 Å². The summed E-state index contributed by atoms with van der Waals surface area (Å²) >= 11 is 0. The van der Waals surface area contributed by atoms with E-state index in [1.165, 1.54) is 0 Å². The number of hydrogen-bond donors (Lipinski definition) is 2. The number of amides is 1. The first-order valence-corrected chi connectivity index (χ1v) is 13.6. The van der Waals surface area contributed by atoms with Gasteiger partial charge in [-0.3, -0.25) is 19.8 Å². The van der Waals surface area contributed by atoms with Crippen molar-refractivity contribution in [3.63, 3.8) is 0 Å². The summed E-state index contributed by atoms with van der Waals surface area (Å²) in [7, 11) is 2.11. The van der Waals surface area contributed by atoms with Crippen molar-refractivity contribution in [1.29, 1.82) is 0 Å². The SMILES string of the molecule is CN1CCN(c2ccc(NC(=O)c3n[nH]c4ccc(-c5cncc(CN6CCC(F)(F)CC6)c5)cc34)cn2)CC1. The van der Waals surface area contributed by atoms with Gasteiger partial charge in [-0.1, -0.05) is 6.07 Å². The molecule has 2 aliphatic heterocycles. The van der Waals surface area contributed by atoms with E-state index in [0.29, 0.717) is 36.4 Å². The van der Waals surface area contributed by atoms with Crippen molar-refractivity contribution in [2.75, 3.05) is 56.5 Å². The highest BCUT2D eigenvalue weighted by atomic mass is 19.3. The lowest BCUT2D eigenvalue weighted by molar-refractivity contribution is -0.0566. The van der Waals surface area contributed by atoms with Gasteiger partial charge in [-0.15, -0.1) is 0 Å². The van der Waals surface area contributed by atoms with Gasteiger partial charge in [0.05, 0.1) is 17.4 Å². The molecule has 11 heteroatoms. The van der Waals surface area contributed by atoms with Gasteiger partial charge in [0.2, 0.25) is 0 Å². The van der Waals surface area contributed by atoms with Gasteiger partial charge in [-0.05, 0) is 48.5 Å². The summed E-state index contributed by atoms with van der Waals surface area (Å²) in [5.41, 5.74) is 4.37. The van der Waals surface area contributed by atoms with Crippen LogP contribution in [0.2, 0.25) is 0 Å². The van der Waals surface area contributed by atoms with Gasteiger partial charge < -0.3 is 15.1 Å². The number of alkyl halides is 2. The van der Waals surface area contributed by atoms with Crippen molar-refractivity contribution < 1.29 is 13.6 Å². The van der Waals surface area contributed by atoms with Gasteiger partial charge in [0.25, 0.3) is 11.8 Å². The third-order valence-corrected chi connectivity index (χ3v) is 7.73. The molecule has 3 aromatic heterocycles. The Morgan fingerprint density at radius 2 is 1.77 bits per heavy atom. The van der Waals surface area contributed by atoms with E-state index >= 15 is 0 Å². The molecule has 0 radical (unpaired) electrons. The lowest BCUT2D eigenvalue weighted by Gasteiger charge is -2.33. The van der Waals surface area contributed by atoms with E-state index in [0.717, 1.165) is 54.2 Å². The molecule has 0 bridgehead atoms. The zero-order valence-electron chi connectivity index (χ0n) is 22.4. The quantitative estimate of drug-likeness (QED) is 0.373. The molecule has 2 fully saturated rings. The second-order valence-electron chi connectivity index (χ2n) is 10.7. The second-order valence-corrected chi connectivity index (χ2v) is 10.7. The molecule has 0 aliphatic carbocycles. The van der Waals surface area contributed by atoms with E-state index in [1.807, 2.05) is 41.3 Å². The number of aromatic nitrogens is 4. The number of piperazine rings is 1. The summed E-state index contributed by atoms with van der Waals surface area (Å²) in [6, 6.07) is 11.6. The largest absolute Gasteiger partial charge is 0.354 e. The van der Waals surface area contributed by atoms with Gasteiger partial charge in [0.1, 0.15) is 5.82 Å². The Morgan fingerprint density at radius 3 is 2.52 bits per heavy atom. The molecule has 4 aromatic rings. The Hall–Kier alpha value is -3.96. The predicted molar refractivity (Wildman–Crippen MR) is 151 cm³/mol. The Bertz CT molecular complexity index is 1490. The average molecular weight is 547 g/mol. The van der Waals surface area contributed by atoms with Gasteiger partial charge in [0, 0.05) is 82.0 Å². The van der Waals surface area contributed by atoms with Crippen molar-refractivity contribution in [3.8, 4) is 11.1 Å². The lowest BCUT2D eigenvalue weighted by Crippen LogP contribution is -2.44. The fraction of sp³-hybridized carbons (Fsp3) is 0.379. The first kappa shape index (κ1) is 26.3. The number of likely N-dealkylation sites (N-methyl/N-ethyl adjacent to an activating group) is 1. The average Bonchev–Trinajstić information content (AvgIpc) is 3.39. The molecule has 2 saturated heterocycles. The minimum atomic E-state index is -2.56. The Kier molecular flexibility index (Phi) is 7.16. The molecular weight excluding hydrogens is 514 g/mol. The van der Waals surface area contributed by atoms with E-state index in [-0.39, 0.29) is 18.7 Å². The minimum absolute atomic E-state index is 0.113. The number of carbonyl (C=O) groups is 1. The van der Waals surface area contributed by atoms with E-state index in [2.05, 4.69) is 42.3 Å². The maximum absolute atomic E-state index is 13.5. The molecule has 6 rings (SSSR count). The van der Waals surface area contributed by atoms with Crippen LogP contribution in [0.4, 0.5) is 20.3 Å². The summed E-state index contributed by atoms with van der Waals surface area (Å²) < 4.78 is 27.1. The number of fused-ring (bicyclic) bond motifs is 1. The van der Waals surface area contributed by atoms with E-state index in [9.17, 15) is 13.6 Å². The number of nitrogens with one attached hydrogen (secondary N) is 2. The fourth-order valence-electron chi connectivity index (χ4n) is 5.27. The maximum Gasteiger partial charge on any atom is 0.276 e. The van der Waals surface area contributed by atoms with Crippen LogP contribution in [0.15, 0.2) is 55.0 Å². The standard InChI is InChI=1S/C29H32F2N8O/c1-37-10-12-39(13-11-37)26-5-3-23(18-33-26)34-28(40)27-24-15-21(2-4-25(24)35-36-27)22-14-20(16-32-17-22)19-38-8-6-29(30,31)7-9-38/h2-5,14-18H,6-13,19H2,1H3,(H,34,40)(H,35,36). The number of nitrogens with zero attached hydrogens (tertiary/aromatic N) is 6. The number of benzene rings is 1. The number of hydrogen-bond acceptors (Lipinski definition) is 7. The third kappa shape index (κ3) is 5.80. The van der Waals surface area contributed by atoms with Crippen molar-refractivity contribution in [1.82, 2.24) is 30.0 Å². The molecule has 0 saturated carbocycles. The summed E-state index contributed by atoms with van der Waals surface area (Å²) in [4.78, 5) is 28.7. The van der Waals surface area contributed by atoms with Gasteiger partial charge in [-0.25, -0.2) is 13.8 Å². The Balaban J connectivity index is 1.16. The van der Waals surface area contributed by atoms with Crippen LogP contribution < -0.4 is 10.2 Å². The minimum Gasteiger partial charge on any atom is -0.354 e. The van der Waals surface area contributed by atoms with Gasteiger partial charge in [-0.2, -0.15) is 5.10 Å². The number of carbonyl (C=O) groups excluding carboxylic acids is 1. The summed E-state index contributed by atoms with van der Waals surface area (Å²) in [5, 5.41) is 10.8. The molecule has 1 amide bonds. The molecule has 0 spiro atoms. The normalized spacial score (nSPS) is 18.2. The van der Waals surface area contributed by atoms with Gasteiger partial charge in [0.15, 0.2) is 5.69 Å². The van der Waals surface area contributed by atoms with Crippen LogP contribution in [0.1, 0.15) is 28.9 Å². The monoisotopic (exact) mass is 546 g/mol. The number of H-pyrrole nitrogens is 1. The molecule has 2 aliphatic rings. The Labute approximate surface area is 231 Å². The Morgan fingerprint density at radius 1 is 0.975 bits per heavy atom. The molecule has 40 heavy (non-hydrogen) atoms. The van der Waals surface area contributed by atoms with Crippen molar-refractivity contribution >= 4 is 28.3 Å². The molecule has 0 atom stereocenters. The van der Waals surface area contributed by atoms with Crippen LogP contribution in [0.3, 0.4) is 0 Å². The summed E-state index contributed by atoms with van der Waals surface area (Å²) in [6.07, 6.45) is 4.99. The van der Waals surface area contributed by atoms with E-state index in [1.54, 1.807) is 18.6 Å². The van der Waals surface area contributed by atoms with Crippen molar-refractivity contribution in [3.05, 3.63) is 66.2 Å². The smallest absolute Gasteiger partial charge is 0.276 e. The predicted octanol–water partition coefficient (Wildman–Crippen LogP) is 4.26. The molecule has 0 unspecified atom stereocenters. The topological polar surface area (TPSA) is 93.3 Å². The van der Waals surface area contributed by atoms with E-state index < -0.39 is 5.92 Å². The molecule has 5 heterocycles. The van der Waals surface area contributed by atoms with Crippen LogP contribution in [0, 0.1) is 0 Å². The fourth-order valence-corrected chi connectivity index (χ4v) is 5.27. The van der Waals surface area contributed by atoms with Crippen molar-refractivity contribution in [2.45, 2.75) is 25.3 Å². The molecule has 208 valence electrons. The zero-order valence-corrected chi connectivity index (χ0v) is 22.4. The summed E-state index contributed by atoms with van der Waals surface area (Å²) in [5.74, 6) is -1.99. The molecule has 2 N–H and O–H groups in total. The molecule has 1 aromatic carbocycles. The number of rotatable bonds is 6. The van der Waals surface area contributed by atoms with Crippen molar-refractivity contribution in [2.24, 2.45) is 0 Å². The highest BCUT2D eigenvalue weighted by molar-refractivity contribution is 6.11.